The van der Waals surface area contributed by atoms with Crippen LogP contribution in [0.4, 0.5) is 0 Å². The molecule has 24 heavy (non-hydrogen) atoms. The van der Waals surface area contributed by atoms with Crippen molar-refractivity contribution in [2.45, 2.75) is 37.5 Å². The smallest absolute Gasteiger partial charge is 0.312 e. The number of carbonyl (C=O) groups is 2. The number of likely N-dealkylation sites (tertiary alicyclic amines) is 1. The number of nitrogens with zero attached hydrogens (tertiary/aromatic N) is 2. The van der Waals surface area contributed by atoms with Gasteiger partial charge in [-0.3, -0.25) is 14.5 Å². The zero-order valence-electron chi connectivity index (χ0n) is 13.7. The van der Waals surface area contributed by atoms with E-state index in [4.69, 9.17) is 4.74 Å². The molecule has 1 aromatic rings. The van der Waals surface area contributed by atoms with Gasteiger partial charge in [-0.2, -0.15) is 0 Å². The largest absolute Gasteiger partial charge is 0.378 e. The van der Waals surface area contributed by atoms with Crippen molar-refractivity contribution in [3.05, 3.63) is 35.9 Å². The number of hydrogen-bond donors (Lipinski definition) is 1. The highest BCUT2D eigenvalue weighted by atomic mass is 16.5. The Morgan fingerprint density at radius 1 is 1.04 bits per heavy atom. The third-order valence-corrected chi connectivity index (χ3v) is 5.36. The SMILES string of the molecule is O=C1NC2C(N3CCCC3)COCC2N(Cc2ccccc2)C1=O. The molecule has 3 saturated heterocycles. The third-order valence-electron chi connectivity index (χ3n) is 5.36. The normalized spacial score (nSPS) is 31.0. The van der Waals surface area contributed by atoms with E-state index in [9.17, 15) is 9.59 Å². The monoisotopic (exact) mass is 329 g/mol. The Balaban J connectivity index is 1.58. The van der Waals surface area contributed by atoms with Crippen LogP contribution in [0.3, 0.4) is 0 Å². The van der Waals surface area contributed by atoms with Crippen molar-refractivity contribution in [3.8, 4) is 0 Å². The lowest BCUT2D eigenvalue weighted by atomic mass is 9.92. The van der Waals surface area contributed by atoms with Gasteiger partial charge in [-0.1, -0.05) is 30.3 Å². The first-order valence-electron chi connectivity index (χ1n) is 8.71. The highest BCUT2D eigenvalue weighted by Crippen LogP contribution is 2.26. The quantitative estimate of drug-likeness (QED) is 0.815. The highest BCUT2D eigenvalue weighted by molar-refractivity contribution is 6.35. The molecule has 0 bridgehead atoms. The fourth-order valence-electron chi connectivity index (χ4n) is 4.12. The molecule has 0 spiro atoms. The minimum Gasteiger partial charge on any atom is -0.378 e. The number of fused-ring (bicyclic) bond motifs is 1. The van der Waals surface area contributed by atoms with Gasteiger partial charge in [0.25, 0.3) is 0 Å². The second-order valence-corrected chi connectivity index (χ2v) is 6.83. The predicted octanol–water partition coefficient (Wildman–Crippen LogP) is 0.377. The number of hydrogen-bond acceptors (Lipinski definition) is 4. The summed E-state index contributed by atoms with van der Waals surface area (Å²) < 4.78 is 5.83. The molecule has 1 aromatic carbocycles. The Hall–Kier alpha value is -1.92. The Morgan fingerprint density at radius 2 is 1.75 bits per heavy atom. The molecule has 0 aliphatic carbocycles. The fourth-order valence-corrected chi connectivity index (χ4v) is 4.12. The number of benzene rings is 1. The van der Waals surface area contributed by atoms with Crippen molar-refractivity contribution in [1.29, 1.82) is 0 Å². The molecule has 128 valence electrons. The highest BCUT2D eigenvalue weighted by Gasteiger charge is 2.48. The molecule has 3 aliphatic rings. The second kappa shape index (κ2) is 6.53. The van der Waals surface area contributed by atoms with Crippen LogP contribution in [0.1, 0.15) is 18.4 Å². The number of carbonyl (C=O) groups excluding carboxylic acids is 2. The van der Waals surface area contributed by atoms with Crippen LogP contribution >= 0.6 is 0 Å². The summed E-state index contributed by atoms with van der Waals surface area (Å²) in [5, 5.41) is 2.96. The first-order chi connectivity index (χ1) is 11.7. The van der Waals surface area contributed by atoms with Gasteiger partial charge >= 0.3 is 11.8 Å². The Morgan fingerprint density at radius 3 is 2.50 bits per heavy atom. The fraction of sp³-hybridized carbons (Fsp3) is 0.556. The standard InChI is InChI=1S/C18H23N3O3/c22-17-18(23)21(10-13-6-2-1-3-7-13)15-12-24-11-14(16(15)19-17)20-8-4-5-9-20/h1-3,6-7,14-16H,4-5,8-12H2,(H,19,22). The molecule has 4 rings (SSSR count). The molecule has 3 heterocycles. The molecule has 0 aromatic heterocycles. The number of piperazine rings is 1. The van der Waals surface area contributed by atoms with Gasteiger partial charge in [-0.15, -0.1) is 0 Å². The van der Waals surface area contributed by atoms with Crippen molar-refractivity contribution in [2.75, 3.05) is 26.3 Å². The molecule has 3 fully saturated rings. The van der Waals surface area contributed by atoms with Crippen molar-refractivity contribution in [1.82, 2.24) is 15.1 Å². The van der Waals surface area contributed by atoms with Gasteiger partial charge in [0, 0.05) is 6.54 Å². The summed E-state index contributed by atoms with van der Waals surface area (Å²) in [6.45, 7) is 3.63. The van der Waals surface area contributed by atoms with E-state index in [-0.39, 0.29) is 18.1 Å². The molecule has 0 radical (unpaired) electrons. The first kappa shape index (κ1) is 15.6. The van der Waals surface area contributed by atoms with Crippen molar-refractivity contribution >= 4 is 11.8 Å². The van der Waals surface area contributed by atoms with Gasteiger partial charge in [0.2, 0.25) is 0 Å². The molecule has 6 nitrogen and oxygen atoms in total. The van der Waals surface area contributed by atoms with Crippen LogP contribution in [0.15, 0.2) is 30.3 Å². The average Bonchev–Trinajstić information content (AvgIpc) is 3.14. The molecule has 3 unspecified atom stereocenters. The van der Waals surface area contributed by atoms with E-state index < -0.39 is 11.8 Å². The summed E-state index contributed by atoms with van der Waals surface area (Å²) in [5.74, 6) is -0.941. The Kier molecular flexibility index (Phi) is 4.24. The van der Waals surface area contributed by atoms with Crippen LogP contribution in [-0.4, -0.2) is 66.0 Å². The molecular weight excluding hydrogens is 306 g/mol. The molecule has 2 amide bonds. The van der Waals surface area contributed by atoms with Gasteiger partial charge in [-0.05, 0) is 31.5 Å². The minimum atomic E-state index is -0.488. The first-order valence-corrected chi connectivity index (χ1v) is 8.71. The zero-order chi connectivity index (χ0) is 16.5. The molecule has 1 N–H and O–H groups in total. The summed E-state index contributed by atoms with van der Waals surface area (Å²) in [5.41, 5.74) is 1.03. The molecule has 0 saturated carbocycles. The van der Waals surface area contributed by atoms with Crippen molar-refractivity contribution in [2.24, 2.45) is 0 Å². The molecular formula is C18H23N3O3. The summed E-state index contributed by atoms with van der Waals surface area (Å²) in [4.78, 5) is 28.8. The van der Waals surface area contributed by atoms with E-state index in [1.807, 2.05) is 30.3 Å². The van der Waals surface area contributed by atoms with Crippen LogP contribution in [0.25, 0.3) is 0 Å². The van der Waals surface area contributed by atoms with E-state index in [1.54, 1.807) is 4.90 Å². The maximum absolute atomic E-state index is 12.5. The topological polar surface area (TPSA) is 61.9 Å². The third kappa shape index (κ3) is 2.80. The summed E-state index contributed by atoms with van der Waals surface area (Å²) >= 11 is 0. The number of amides is 2. The maximum Gasteiger partial charge on any atom is 0.312 e. The van der Waals surface area contributed by atoms with Crippen molar-refractivity contribution in [3.63, 3.8) is 0 Å². The van der Waals surface area contributed by atoms with E-state index in [0.29, 0.717) is 19.8 Å². The summed E-state index contributed by atoms with van der Waals surface area (Å²) in [7, 11) is 0. The van der Waals surface area contributed by atoms with Gasteiger partial charge in [0.05, 0.1) is 31.3 Å². The Bertz CT molecular complexity index is 615. The molecule has 3 aliphatic heterocycles. The molecule has 6 heteroatoms. The average molecular weight is 329 g/mol. The lowest BCUT2D eigenvalue weighted by Gasteiger charge is -2.49. The number of ether oxygens (including phenoxy) is 1. The van der Waals surface area contributed by atoms with Gasteiger partial charge in [0.1, 0.15) is 0 Å². The van der Waals surface area contributed by atoms with Crippen LogP contribution in [-0.2, 0) is 20.9 Å². The summed E-state index contributed by atoms with van der Waals surface area (Å²) in [6, 6.07) is 9.82. The van der Waals surface area contributed by atoms with Gasteiger partial charge in [-0.25, -0.2) is 0 Å². The van der Waals surface area contributed by atoms with Crippen LogP contribution in [0.2, 0.25) is 0 Å². The van der Waals surface area contributed by atoms with E-state index in [0.717, 1.165) is 18.7 Å². The number of rotatable bonds is 3. The van der Waals surface area contributed by atoms with Crippen LogP contribution < -0.4 is 5.32 Å². The van der Waals surface area contributed by atoms with Crippen LogP contribution in [0, 0.1) is 0 Å². The Labute approximate surface area is 141 Å². The van der Waals surface area contributed by atoms with Gasteiger partial charge in [0.15, 0.2) is 0 Å². The van der Waals surface area contributed by atoms with Crippen molar-refractivity contribution < 1.29 is 14.3 Å². The number of nitrogens with one attached hydrogen (secondary N) is 1. The lowest BCUT2D eigenvalue weighted by molar-refractivity contribution is -0.160. The lowest BCUT2D eigenvalue weighted by Crippen LogP contribution is -2.72. The predicted molar refractivity (Wildman–Crippen MR) is 88.1 cm³/mol. The molecule has 3 atom stereocenters. The summed E-state index contributed by atoms with van der Waals surface area (Å²) in [6.07, 6.45) is 2.38. The van der Waals surface area contributed by atoms with Gasteiger partial charge < -0.3 is 15.0 Å². The minimum absolute atomic E-state index is 0.0502. The maximum atomic E-state index is 12.5. The van der Waals surface area contributed by atoms with E-state index >= 15 is 0 Å². The van der Waals surface area contributed by atoms with E-state index in [2.05, 4.69) is 10.2 Å². The zero-order valence-corrected chi connectivity index (χ0v) is 13.7. The second-order valence-electron chi connectivity index (χ2n) is 6.83. The van der Waals surface area contributed by atoms with Crippen LogP contribution in [0.5, 0.6) is 0 Å². The van der Waals surface area contributed by atoms with E-state index in [1.165, 1.54) is 12.8 Å².